The Hall–Kier alpha value is -3.13. The number of aliphatic hydroxyl groups is 1. The van der Waals surface area contributed by atoms with Crippen molar-refractivity contribution in [3.05, 3.63) is 65.5 Å². The maximum atomic E-state index is 14.1. The molecule has 1 aromatic heterocycles. The third kappa shape index (κ3) is 3.31. The van der Waals surface area contributed by atoms with Gasteiger partial charge in [0.05, 0.1) is 11.8 Å². The molecule has 0 spiro atoms. The fourth-order valence-electron chi connectivity index (χ4n) is 4.11. The predicted molar refractivity (Wildman–Crippen MR) is 109 cm³/mol. The van der Waals surface area contributed by atoms with Gasteiger partial charge in [-0.25, -0.2) is 4.79 Å². The van der Waals surface area contributed by atoms with Gasteiger partial charge in [0.15, 0.2) is 0 Å². The van der Waals surface area contributed by atoms with Crippen molar-refractivity contribution in [2.24, 2.45) is 5.41 Å². The lowest BCUT2D eigenvalue weighted by atomic mass is 9.88. The summed E-state index contributed by atoms with van der Waals surface area (Å²) in [5, 5.41) is 25.0. The molecule has 1 aliphatic rings. The van der Waals surface area contributed by atoms with Gasteiger partial charge in [-0.1, -0.05) is 45.0 Å². The van der Waals surface area contributed by atoms with Crippen molar-refractivity contribution in [1.29, 1.82) is 0 Å². The molecule has 8 heteroatoms. The molecule has 0 saturated carbocycles. The standard InChI is InChI=1S/C23H21F3N2O3/c1-21(2,3)12-28-11-14(10-27-28)13-8-16(20(29)30)19-15-6-4-5-7-17(15)22(31,18(19)9-13)23(24,25)26/h4-11,31H,12H2,1-3H3,(H,29,30). The zero-order chi connectivity index (χ0) is 22.8. The lowest BCUT2D eigenvalue weighted by Gasteiger charge is -2.28. The molecule has 31 heavy (non-hydrogen) atoms. The number of carbonyl (C=O) groups is 1. The average molecular weight is 430 g/mol. The highest BCUT2D eigenvalue weighted by atomic mass is 19.4. The second-order valence-corrected chi connectivity index (χ2v) is 8.99. The first-order valence-electron chi connectivity index (χ1n) is 9.66. The van der Waals surface area contributed by atoms with Crippen LogP contribution in [0.5, 0.6) is 0 Å². The van der Waals surface area contributed by atoms with Gasteiger partial charge < -0.3 is 10.2 Å². The highest BCUT2D eigenvalue weighted by molar-refractivity contribution is 6.01. The van der Waals surface area contributed by atoms with Crippen molar-refractivity contribution in [2.45, 2.75) is 39.1 Å². The molecule has 2 aromatic carbocycles. The van der Waals surface area contributed by atoms with E-state index in [0.717, 1.165) is 0 Å². The summed E-state index contributed by atoms with van der Waals surface area (Å²) in [7, 11) is 0. The van der Waals surface area contributed by atoms with E-state index in [-0.39, 0.29) is 33.2 Å². The molecule has 162 valence electrons. The van der Waals surface area contributed by atoms with E-state index in [2.05, 4.69) is 5.10 Å². The smallest absolute Gasteiger partial charge is 0.425 e. The molecule has 1 heterocycles. The molecule has 3 aromatic rings. The van der Waals surface area contributed by atoms with Gasteiger partial charge in [0.2, 0.25) is 5.60 Å². The van der Waals surface area contributed by atoms with E-state index in [1.54, 1.807) is 10.9 Å². The Bertz CT molecular complexity index is 1190. The number of rotatable bonds is 3. The number of hydrogen-bond donors (Lipinski definition) is 2. The SMILES string of the molecule is CC(C)(C)Cn1cc(-c2cc(C(=O)O)c3c(c2)C(O)(C(F)(F)F)c2ccccc2-3)cn1. The van der Waals surface area contributed by atoms with E-state index in [1.807, 2.05) is 20.8 Å². The molecule has 0 bridgehead atoms. The maximum absolute atomic E-state index is 14.1. The molecule has 0 radical (unpaired) electrons. The van der Waals surface area contributed by atoms with Gasteiger partial charge in [0.25, 0.3) is 0 Å². The second-order valence-electron chi connectivity index (χ2n) is 8.99. The van der Waals surface area contributed by atoms with E-state index < -0.39 is 23.3 Å². The number of nitrogens with zero attached hydrogens (tertiary/aromatic N) is 2. The Morgan fingerprint density at radius 3 is 2.39 bits per heavy atom. The maximum Gasteiger partial charge on any atom is 0.425 e. The molecule has 0 amide bonds. The summed E-state index contributed by atoms with van der Waals surface area (Å²) in [6, 6.07) is 8.02. The van der Waals surface area contributed by atoms with Crippen molar-refractivity contribution in [3.8, 4) is 22.3 Å². The molecule has 0 aliphatic heterocycles. The van der Waals surface area contributed by atoms with Crippen LogP contribution >= 0.6 is 0 Å². The summed E-state index contributed by atoms with van der Waals surface area (Å²) >= 11 is 0. The molecule has 4 rings (SSSR count). The zero-order valence-electron chi connectivity index (χ0n) is 17.2. The van der Waals surface area contributed by atoms with Gasteiger partial charge in [-0.15, -0.1) is 0 Å². The number of halogens is 3. The van der Waals surface area contributed by atoms with Gasteiger partial charge in [0.1, 0.15) is 0 Å². The van der Waals surface area contributed by atoms with Crippen molar-refractivity contribution >= 4 is 5.97 Å². The number of aromatic carboxylic acids is 1. The molecule has 2 N–H and O–H groups in total. The van der Waals surface area contributed by atoms with Crippen LogP contribution in [0.1, 0.15) is 42.3 Å². The summed E-state index contributed by atoms with van der Waals surface area (Å²) in [6.07, 6.45) is -1.90. The number of fused-ring (bicyclic) bond motifs is 3. The summed E-state index contributed by atoms with van der Waals surface area (Å²) in [5.74, 6) is -1.37. The van der Waals surface area contributed by atoms with Crippen LogP contribution in [0.2, 0.25) is 0 Å². The van der Waals surface area contributed by atoms with Gasteiger partial charge in [0, 0.05) is 35.0 Å². The van der Waals surface area contributed by atoms with Crippen LogP contribution in [-0.4, -0.2) is 32.1 Å². The second kappa shape index (κ2) is 6.68. The summed E-state index contributed by atoms with van der Waals surface area (Å²) < 4.78 is 44.1. The number of carboxylic acid groups (broad SMARTS) is 1. The van der Waals surface area contributed by atoms with Crippen LogP contribution in [0.15, 0.2) is 48.8 Å². The Morgan fingerprint density at radius 1 is 1.10 bits per heavy atom. The quantitative estimate of drug-likeness (QED) is 0.608. The third-order valence-electron chi connectivity index (χ3n) is 5.36. The Morgan fingerprint density at radius 2 is 1.77 bits per heavy atom. The molecular weight excluding hydrogens is 409 g/mol. The van der Waals surface area contributed by atoms with Crippen molar-refractivity contribution in [2.75, 3.05) is 0 Å². The largest absolute Gasteiger partial charge is 0.478 e. The Labute approximate surface area is 176 Å². The molecule has 1 atom stereocenters. The molecule has 0 fully saturated rings. The summed E-state index contributed by atoms with van der Waals surface area (Å²) in [5.41, 5.74) is -3.89. The van der Waals surface area contributed by atoms with Crippen molar-refractivity contribution < 1.29 is 28.2 Å². The van der Waals surface area contributed by atoms with Crippen LogP contribution in [-0.2, 0) is 12.1 Å². The van der Waals surface area contributed by atoms with Crippen LogP contribution in [0.3, 0.4) is 0 Å². The Kier molecular flexibility index (Phi) is 4.55. The van der Waals surface area contributed by atoms with Crippen molar-refractivity contribution in [1.82, 2.24) is 9.78 Å². The van der Waals surface area contributed by atoms with Crippen LogP contribution in [0, 0.1) is 5.41 Å². The number of hydrogen-bond acceptors (Lipinski definition) is 3. The van der Waals surface area contributed by atoms with Gasteiger partial charge in [-0.05, 0) is 28.7 Å². The highest BCUT2D eigenvalue weighted by Gasteiger charge is 2.61. The number of carboxylic acids is 1. The van der Waals surface area contributed by atoms with E-state index in [1.165, 1.54) is 42.6 Å². The van der Waals surface area contributed by atoms with E-state index >= 15 is 0 Å². The number of aromatic nitrogens is 2. The summed E-state index contributed by atoms with van der Waals surface area (Å²) in [4.78, 5) is 12.0. The van der Waals surface area contributed by atoms with Crippen molar-refractivity contribution in [3.63, 3.8) is 0 Å². The van der Waals surface area contributed by atoms with Crippen LogP contribution < -0.4 is 0 Å². The zero-order valence-corrected chi connectivity index (χ0v) is 17.2. The normalized spacial score (nSPS) is 18.0. The fourth-order valence-corrected chi connectivity index (χ4v) is 4.11. The molecule has 0 saturated heterocycles. The topological polar surface area (TPSA) is 75.4 Å². The van der Waals surface area contributed by atoms with Gasteiger partial charge in [-0.3, -0.25) is 4.68 Å². The van der Waals surface area contributed by atoms with E-state index in [4.69, 9.17) is 0 Å². The lowest BCUT2D eigenvalue weighted by molar-refractivity contribution is -0.246. The number of alkyl halides is 3. The highest BCUT2D eigenvalue weighted by Crippen LogP contribution is 2.56. The Balaban J connectivity index is 1.97. The third-order valence-corrected chi connectivity index (χ3v) is 5.36. The first-order valence-corrected chi connectivity index (χ1v) is 9.66. The predicted octanol–water partition coefficient (Wildman–Crippen LogP) is 5.07. The average Bonchev–Trinajstić information content (AvgIpc) is 3.21. The summed E-state index contributed by atoms with van der Waals surface area (Å²) in [6.45, 7) is 6.63. The molecular formula is C23H21F3N2O3. The fraction of sp³-hybridized carbons (Fsp3) is 0.304. The van der Waals surface area contributed by atoms with Crippen LogP contribution in [0.4, 0.5) is 13.2 Å². The van der Waals surface area contributed by atoms with Crippen LogP contribution in [0.25, 0.3) is 22.3 Å². The molecule has 1 unspecified atom stereocenters. The first kappa shape index (κ1) is 21.1. The van der Waals surface area contributed by atoms with E-state index in [0.29, 0.717) is 12.1 Å². The number of benzene rings is 2. The molecule has 5 nitrogen and oxygen atoms in total. The minimum absolute atomic E-state index is 0.0599. The van der Waals surface area contributed by atoms with E-state index in [9.17, 15) is 28.2 Å². The van der Waals surface area contributed by atoms with Gasteiger partial charge >= 0.3 is 12.1 Å². The first-order chi connectivity index (χ1) is 14.3. The molecule has 1 aliphatic carbocycles. The monoisotopic (exact) mass is 430 g/mol. The minimum Gasteiger partial charge on any atom is -0.478 e. The van der Waals surface area contributed by atoms with Gasteiger partial charge in [-0.2, -0.15) is 18.3 Å². The lowest BCUT2D eigenvalue weighted by Crippen LogP contribution is -2.41. The minimum atomic E-state index is -5.04.